The molecule has 0 atom stereocenters. The first-order chi connectivity index (χ1) is 11.5. The van der Waals surface area contributed by atoms with Gasteiger partial charge >= 0.3 is 0 Å². The van der Waals surface area contributed by atoms with Crippen molar-refractivity contribution >= 4 is 28.8 Å². The van der Waals surface area contributed by atoms with Gasteiger partial charge in [-0.1, -0.05) is 31.0 Å². The summed E-state index contributed by atoms with van der Waals surface area (Å²) in [5, 5.41) is 13.2. The Morgan fingerprint density at radius 2 is 2.12 bits per heavy atom. The van der Waals surface area contributed by atoms with Crippen LogP contribution in [-0.4, -0.2) is 20.4 Å². The van der Waals surface area contributed by atoms with E-state index in [-0.39, 0.29) is 11.7 Å². The quantitative estimate of drug-likeness (QED) is 0.697. The van der Waals surface area contributed by atoms with E-state index in [1.165, 1.54) is 0 Å². The van der Waals surface area contributed by atoms with Gasteiger partial charge in [0, 0.05) is 6.20 Å². The maximum Gasteiger partial charge on any atom is 0.274 e. The van der Waals surface area contributed by atoms with Gasteiger partial charge < -0.3 is 10.4 Å². The Hall–Kier alpha value is -2.53. The van der Waals surface area contributed by atoms with Crippen LogP contribution in [0.25, 0.3) is 5.65 Å². The summed E-state index contributed by atoms with van der Waals surface area (Å²) in [5.41, 5.74) is 3.14. The SMILES string of the molecule is CCCc1nc2ccc(Cl)cn2c1C(=O)Nc1cc(C)ccc1O. The fourth-order valence-corrected chi connectivity index (χ4v) is 2.81. The molecular formula is C18H18ClN3O2. The van der Waals surface area contributed by atoms with Crippen LogP contribution < -0.4 is 5.32 Å². The summed E-state index contributed by atoms with van der Waals surface area (Å²) in [7, 11) is 0. The summed E-state index contributed by atoms with van der Waals surface area (Å²) < 4.78 is 1.69. The summed E-state index contributed by atoms with van der Waals surface area (Å²) in [4.78, 5) is 17.4. The number of phenols is 1. The van der Waals surface area contributed by atoms with Crippen LogP contribution in [0.5, 0.6) is 5.75 Å². The summed E-state index contributed by atoms with van der Waals surface area (Å²) in [6.07, 6.45) is 3.23. The van der Waals surface area contributed by atoms with Crippen molar-refractivity contribution in [3.05, 3.63) is 58.5 Å². The monoisotopic (exact) mass is 343 g/mol. The third-order valence-corrected chi connectivity index (χ3v) is 3.98. The standard InChI is InChI=1S/C18H18ClN3O2/c1-3-4-13-17(22-10-12(19)6-8-16(22)20-13)18(24)21-14-9-11(2)5-7-15(14)23/h5-10,23H,3-4H2,1-2H3,(H,21,24). The summed E-state index contributed by atoms with van der Waals surface area (Å²) in [6.45, 7) is 3.93. The maximum absolute atomic E-state index is 12.8. The molecule has 0 fully saturated rings. The number of benzene rings is 1. The molecule has 0 aliphatic heterocycles. The lowest BCUT2D eigenvalue weighted by Crippen LogP contribution is -2.16. The zero-order chi connectivity index (χ0) is 17.3. The average Bonchev–Trinajstić information content (AvgIpc) is 2.88. The van der Waals surface area contributed by atoms with Crippen LogP contribution in [0.1, 0.15) is 35.1 Å². The number of nitrogens with one attached hydrogen (secondary N) is 1. The van der Waals surface area contributed by atoms with E-state index in [0.29, 0.717) is 34.2 Å². The number of nitrogens with zero attached hydrogens (tertiary/aromatic N) is 2. The fourth-order valence-electron chi connectivity index (χ4n) is 2.65. The molecule has 0 unspecified atom stereocenters. The van der Waals surface area contributed by atoms with Gasteiger partial charge in [0.25, 0.3) is 5.91 Å². The molecule has 2 aromatic heterocycles. The summed E-state index contributed by atoms with van der Waals surface area (Å²) in [6, 6.07) is 8.59. The van der Waals surface area contributed by atoms with Gasteiger partial charge in [-0.25, -0.2) is 4.98 Å². The highest BCUT2D eigenvalue weighted by atomic mass is 35.5. The predicted molar refractivity (Wildman–Crippen MR) is 95.0 cm³/mol. The molecule has 0 aliphatic carbocycles. The van der Waals surface area contributed by atoms with E-state index in [4.69, 9.17) is 11.6 Å². The fraction of sp³-hybridized carbons (Fsp3) is 0.222. The minimum atomic E-state index is -0.325. The number of aryl methyl sites for hydroxylation is 2. The Balaban J connectivity index is 2.06. The van der Waals surface area contributed by atoms with E-state index in [1.54, 1.807) is 40.9 Å². The van der Waals surface area contributed by atoms with E-state index < -0.39 is 0 Å². The molecule has 1 amide bonds. The van der Waals surface area contributed by atoms with E-state index in [2.05, 4.69) is 10.3 Å². The minimum absolute atomic E-state index is 0.0258. The number of fused-ring (bicyclic) bond motifs is 1. The normalized spacial score (nSPS) is 11.0. The number of aromatic nitrogens is 2. The van der Waals surface area contributed by atoms with Crippen molar-refractivity contribution < 1.29 is 9.90 Å². The van der Waals surface area contributed by atoms with Crippen LogP contribution in [0.3, 0.4) is 0 Å². The lowest BCUT2D eigenvalue weighted by Gasteiger charge is -2.09. The Bertz CT molecular complexity index is 918. The number of hydrogen-bond donors (Lipinski definition) is 2. The zero-order valence-electron chi connectivity index (χ0n) is 13.5. The number of amides is 1. The van der Waals surface area contributed by atoms with Gasteiger partial charge in [0.15, 0.2) is 0 Å². The van der Waals surface area contributed by atoms with Crippen molar-refractivity contribution in [2.75, 3.05) is 5.32 Å². The van der Waals surface area contributed by atoms with Crippen LogP contribution in [0.2, 0.25) is 5.02 Å². The first kappa shape index (κ1) is 16.3. The van der Waals surface area contributed by atoms with E-state index in [0.717, 1.165) is 12.0 Å². The molecule has 1 aromatic carbocycles. The number of halogens is 1. The van der Waals surface area contributed by atoms with Crippen molar-refractivity contribution in [3.63, 3.8) is 0 Å². The molecule has 6 heteroatoms. The Labute approximate surface area is 144 Å². The van der Waals surface area contributed by atoms with Crippen LogP contribution in [0, 0.1) is 6.92 Å². The van der Waals surface area contributed by atoms with E-state index >= 15 is 0 Å². The van der Waals surface area contributed by atoms with Gasteiger partial charge in [0.1, 0.15) is 17.1 Å². The average molecular weight is 344 g/mol. The van der Waals surface area contributed by atoms with Gasteiger partial charge in [0.2, 0.25) is 0 Å². The molecule has 2 N–H and O–H groups in total. The number of carbonyl (C=O) groups is 1. The van der Waals surface area contributed by atoms with Crippen LogP contribution in [0.4, 0.5) is 5.69 Å². The largest absolute Gasteiger partial charge is 0.506 e. The second kappa shape index (κ2) is 6.53. The third kappa shape index (κ3) is 3.08. The van der Waals surface area contributed by atoms with E-state index in [1.807, 2.05) is 13.8 Å². The number of aromatic hydroxyl groups is 1. The van der Waals surface area contributed by atoms with Crippen molar-refractivity contribution in [2.24, 2.45) is 0 Å². The summed E-state index contributed by atoms with van der Waals surface area (Å²) >= 11 is 6.07. The molecule has 0 radical (unpaired) electrons. The van der Waals surface area contributed by atoms with Gasteiger partial charge in [-0.05, 0) is 43.2 Å². The summed E-state index contributed by atoms with van der Waals surface area (Å²) in [5.74, 6) is -0.299. The Morgan fingerprint density at radius 3 is 2.88 bits per heavy atom. The number of anilines is 1. The first-order valence-electron chi connectivity index (χ1n) is 7.77. The number of phenolic OH excluding ortho intramolecular Hbond substituents is 1. The predicted octanol–water partition coefficient (Wildman–Crippen LogP) is 4.21. The highest BCUT2D eigenvalue weighted by Gasteiger charge is 2.20. The molecule has 3 rings (SSSR count). The van der Waals surface area contributed by atoms with Crippen molar-refractivity contribution in [1.82, 2.24) is 9.38 Å². The number of imidazole rings is 1. The lowest BCUT2D eigenvalue weighted by molar-refractivity contribution is 0.102. The number of pyridine rings is 1. The van der Waals surface area contributed by atoms with Crippen LogP contribution in [-0.2, 0) is 6.42 Å². The highest BCUT2D eigenvalue weighted by Crippen LogP contribution is 2.26. The smallest absolute Gasteiger partial charge is 0.274 e. The van der Waals surface area contributed by atoms with Crippen LogP contribution >= 0.6 is 11.6 Å². The first-order valence-corrected chi connectivity index (χ1v) is 8.15. The van der Waals surface area contributed by atoms with Crippen molar-refractivity contribution in [2.45, 2.75) is 26.7 Å². The molecule has 0 saturated heterocycles. The van der Waals surface area contributed by atoms with Crippen molar-refractivity contribution in [3.8, 4) is 5.75 Å². The molecule has 0 aliphatic rings. The van der Waals surface area contributed by atoms with Crippen molar-refractivity contribution in [1.29, 1.82) is 0 Å². The molecule has 124 valence electrons. The highest BCUT2D eigenvalue weighted by molar-refractivity contribution is 6.30. The lowest BCUT2D eigenvalue weighted by atomic mass is 10.2. The molecule has 5 nitrogen and oxygen atoms in total. The molecule has 0 saturated carbocycles. The minimum Gasteiger partial charge on any atom is -0.506 e. The van der Waals surface area contributed by atoms with Gasteiger partial charge in [-0.15, -0.1) is 0 Å². The van der Waals surface area contributed by atoms with E-state index in [9.17, 15) is 9.90 Å². The third-order valence-electron chi connectivity index (χ3n) is 3.76. The van der Waals surface area contributed by atoms with Crippen LogP contribution in [0.15, 0.2) is 36.5 Å². The molecule has 0 bridgehead atoms. The topological polar surface area (TPSA) is 66.6 Å². The molecule has 0 spiro atoms. The second-order valence-corrected chi connectivity index (χ2v) is 6.14. The second-order valence-electron chi connectivity index (χ2n) is 5.71. The Kier molecular flexibility index (Phi) is 4.44. The molecule has 2 heterocycles. The molecular weight excluding hydrogens is 326 g/mol. The molecule has 24 heavy (non-hydrogen) atoms. The van der Waals surface area contributed by atoms with Gasteiger partial charge in [0.05, 0.1) is 16.4 Å². The maximum atomic E-state index is 12.8. The Morgan fingerprint density at radius 1 is 1.33 bits per heavy atom. The van der Waals surface area contributed by atoms with Gasteiger partial charge in [-0.2, -0.15) is 0 Å². The number of carbonyl (C=O) groups excluding carboxylic acids is 1. The number of rotatable bonds is 4. The number of hydrogen-bond acceptors (Lipinski definition) is 3. The molecule has 3 aromatic rings. The zero-order valence-corrected chi connectivity index (χ0v) is 14.3. The van der Waals surface area contributed by atoms with Gasteiger partial charge in [-0.3, -0.25) is 9.20 Å².